The number of nitro benzene ring substituents is 1. The number of para-hydroxylation sites is 1. The Morgan fingerprint density at radius 2 is 2.05 bits per heavy atom. The predicted octanol–water partition coefficient (Wildman–Crippen LogP) is 4.84. The van der Waals surface area contributed by atoms with Crippen molar-refractivity contribution in [2.45, 2.75) is 0 Å². The largest absolute Gasteiger partial charge is 0.352 e. The highest BCUT2D eigenvalue weighted by molar-refractivity contribution is 14.1. The van der Waals surface area contributed by atoms with Gasteiger partial charge in [0.2, 0.25) is 0 Å². The van der Waals surface area contributed by atoms with Crippen LogP contribution in [0.5, 0.6) is 0 Å². The molecular formula is C12H7BrFIN2O2. The number of hydrogen-bond acceptors (Lipinski definition) is 3. The summed E-state index contributed by atoms with van der Waals surface area (Å²) in [5.41, 5.74) is 0.909. The summed E-state index contributed by atoms with van der Waals surface area (Å²) >= 11 is 5.12. The van der Waals surface area contributed by atoms with Crippen molar-refractivity contribution in [1.82, 2.24) is 0 Å². The molecule has 2 rings (SSSR count). The molecular weight excluding hydrogens is 430 g/mol. The summed E-state index contributed by atoms with van der Waals surface area (Å²) in [4.78, 5) is 10.3. The van der Waals surface area contributed by atoms with Crippen LogP contribution in [0.15, 0.2) is 40.9 Å². The molecule has 0 saturated heterocycles. The average Bonchev–Trinajstić information content (AvgIpc) is 2.33. The Hall–Kier alpha value is -1.22. The number of nitrogens with zero attached hydrogens (tertiary/aromatic N) is 1. The third-order valence-corrected chi connectivity index (χ3v) is 3.90. The SMILES string of the molecule is O=[N+]([O-])c1ccc(Nc2c(F)cccc2Br)cc1I. The summed E-state index contributed by atoms with van der Waals surface area (Å²) in [6, 6.07) is 9.16. The number of rotatable bonds is 3. The fourth-order valence-corrected chi connectivity index (χ4v) is 2.65. The van der Waals surface area contributed by atoms with Crippen molar-refractivity contribution in [3.8, 4) is 0 Å². The Morgan fingerprint density at radius 3 is 2.63 bits per heavy atom. The van der Waals surface area contributed by atoms with Crippen molar-refractivity contribution in [2.24, 2.45) is 0 Å². The lowest BCUT2D eigenvalue weighted by Gasteiger charge is -2.10. The maximum Gasteiger partial charge on any atom is 0.282 e. The minimum atomic E-state index is -0.454. The smallest absolute Gasteiger partial charge is 0.282 e. The van der Waals surface area contributed by atoms with Crippen molar-refractivity contribution >= 4 is 55.6 Å². The van der Waals surface area contributed by atoms with E-state index >= 15 is 0 Å². The average molecular weight is 437 g/mol. The summed E-state index contributed by atoms with van der Waals surface area (Å²) in [5, 5.41) is 13.6. The summed E-state index contributed by atoms with van der Waals surface area (Å²) < 4.78 is 14.7. The van der Waals surface area contributed by atoms with Crippen LogP contribution in [-0.2, 0) is 0 Å². The first-order valence-electron chi connectivity index (χ1n) is 5.14. The molecule has 0 unspecified atom stereocenters. The first-order chi connectivity index (χ1) is 8.99. The van der Waals surface area contributed by atoms with Crippen LogP contribution in [0, 0.1) is 19.5 Å². The molecule has 0 fully saturated rings. The van der Waals surface area contributed by atoms with Crippen molar-refractivity contribution in [1.29, 1.82) is 0 Å². The molecule has 0 aliphatic carbocycles. The molecule has 0 heterocycles. The standard InChI is InChI=1S/C12H7BrFIN2O2/c13-8-2-1-3-9(14)12(8)16-7-4-5-11(17(18)19)10(15)6-7/h1-6,16H. The number of nitro groups is 1. The molecule has 4 nitrogen and oxygen atoms in total. The van der Waals surface area contributed by atoms with Gasteiger partial charge in [-0.2, -0.15) is 0 Å². The van der Waals surface area contributed by atoms with Gasteiger partial charge in [0.15, 0.2) is 0 Å². The van der Waals surface area contributed by atoms with E-state index in [9.17, 15) is 14.5 Å². The molecule has 2 aromatic rings. The van der Waals surface area contributed by atoms with E-state index in [1.54, 1.807) is 24.3 Å². The van der Waals surface area contributed by atoms with Gasteiger partial charge in [0.1, 0.15) is 5.82 Å². The molecule has 0 aromatic heterocycles. The number of hydrogen-bond donors (Lipinski definition) is 1. The summed E-state index contributed by atoms with van der Waals surface area (Å²) in [5.74, 6) is -0.400. The molecule has 98 valence electrons. The van der Waals surface area contributed by atoms with E-state index in [4.69, 9.17) is 0 Å². The molecule has 7 heteroatoms. The number of benzene rings is 2. The van der Waals surface area contributed by atoms with Gasteiger partial charge in [-0.05, 0) is 62.8 Å². The summed E-state index contributed by atoms with van der Waals surface area (Å²) in [6.07, 6.45) is 0. The van der Waals surface area contributed by atoms with Gasteiger partial charge in [-0.15, -0.1) is 0 Å². The Labute approximate surface area is 130 Å². The molecule has 19 heavy (non-hydrogen) atoms. The zero-order valence-corrected chi connectivity index (χ0v) is 13.1. The third kappa shape index (κ3) is 3.21. The van der Waals surface area contributed by atoms with Crippen LogP contribution in [0.25, 0.3) is 0 Å². The maximum absolute atomic E-state index is 13.6. The van der Waals surface area contributed by atoms with E-state index in [2.05, 4.69) is 21.2 Å². The molecule has 0 spiro atoms. The van der Waals surface area contributed by atoms with Gasteiger partial charge < -0.3 is 5.32 Å². The highest BCUT2D eigenvalue weighted by Gasteiger charge is 2.13. The number of anilines is 2. The lowest BCUT2D eigenvalue weighted by atomic mass is 10.2. The Kier molecular flexibility index (Phi) is 4.35. The van der Waals surface area contributed by atoms with Gasteiger partial charge in [-0.25, -0.2) is 4.39 Å². The zero-order chi connectivity index (χ0) is 14.0. The topological polar surface area (TPSA) is 55.2 Å². The minimum Gasteiger partial charge on any atom is -0.352 e. The molecule has 0 amide bonds. The first kappa shape index (κ1) is 14.2. The van der Waals surface area contributed by atoms with Crippen LogP contribution >= 0.6 is 38.5 Å². The van der Waals surface area contributed by atoms with Gasteiger partial charge in [-0.3, -0.25) is 10.1 Å². The summed E-state index contributed by atoms with van der Waals surface area (Å²) in [7, 11) is 0. The Balaban J connectivity index is 2.34. The van der Waals surface area contributed by atoms with E-state index in [0.29, 0.717) is 19.4 Å². The van der Waals surface area contributed by atoms with Crippen LogP contribution in [-0.4, -0.2) is 4.92 Å². The third-order valence-electron chi connectivity index (χ3n) is 2.38. The van der Waals surface area contributed by atoms with Gasteiger partial charge in [0.05, 0.1) is 14.2 Å². The van der Waals surface area contributed by atoms with Crippen molar-refractivity contribution < 1.29 is 9.31 Å². The van der Waals surface area contributed by atoms with Crippen molar-refractivity contribution in [3.63, 3.8) is 0 Å². The molecule has 0 bridgehead atoms. The highest BCUT2D eigenvalue weighted by atomic mass is 127. The molecule has 1 N–H and O–H groups in total. The number of nitrogens with one attached hydrogen (secondary N) is 1. The zero-order valence-electron chi connectivity index (χ0n) is 9.36. The normalized spacial score (nSPS) is 10.3. The fraction of sp³-hybridized carbons (Fsp3) is 0. The summed E-state index contributed by atoms with van der Waals surface area (Å²) in [6.45, 7) is 0. The Morgan fingerprint density at radius 1 is 1.32 bits per heavy atom. The first-order valence-corrected chi connectivity index (χ1v) is 7.01. The minimum absolute atomic E-state index is 0.0266. The second-order valence-electron chi connectivity index (χ2n) is 3.64. The molecule has 0 saturated carbocycles. The van der Waals surface area contributed by atoms with Crippen LogP contribution in [0.2, 0.25) is 0 Å². The highest BCUT2D eigenvalue weighted by Crippen LogP contribution is 2.31. The monoisotopic (exact) mass is 436 g/mol. The van der Waals surface area contributed by atoms with Crippen molar-refractivity contribution in [2.75, 3.05) is 5.32 Å². The molecule has 0 atom stereocenters. The fourth-order valence-electron chi connectivity index (χ4n) is 1.49. The van der Waals surface area contributed by atoms with Crippen LogP contribution in [0.4, 0.5) is 21.5 Å². The molecule has 0 aliphatic rings. The van der Waals surface area contributed by atoms with E-state index in [0.717, 1.165) is 0 Å². The molecule has 0 radical (unpaired) electrons. The van der Waals surface area contributed by atoms with E-state index in [1.807, 2.05) is 22.6 Å². The van der Waals surface area contributed by atoms with Gasteiger partial charge >= 0.3 is 0 Å². The quantitative estimate of drug-likeness (QED) is 0.425. The van der Waals surface area contributed by atoms with Crippen molar-refractivity contribution in [3.05, 3.63) is 60.4 Å². The van der Waals surface area contributed by atoms with Gasteiger partial charge in [0.25, 0.3) is 5.69 Å². The van der Waals surface area contributed by atoms with E-state index in [1.165, 1.54) is 12.1 Å². The van der Waals surface area contributed by atoms with Gasteiger partial charge in [-0.1, -0.05) is 6.07 Å². The predicted molar refractivity (Wildman–Crippen MR) is 83.2 cm³/mol. The molecule has 2 aromatic carbocycles. The van der Waals surface area contributed by atoms with Crippen LogP contribution < -0.4 is 5.32 Å². The van der Waals surface area contributed by atoms with E-state index < -0.39 is 10.7 Å². The Bertz CT molecular complexity index is 631. The second-order valence-corrected chi connectivity index (χ2v) is 5.66. The van der Waals surface area contributed by atoms with Crippen LogP contribution in [0.3, 0.4) is 0 Å². The lowest BCUT2D eigenvalue weighted by Crippen LogP contribution is -1.97. The molecule has 0 aliphatic heterocycles. The second kappa shape index (κ2) is 5.83. The maximum atomic E-state index is 13.6. The van der Waals surface area contributed by atoms with E-state index in [-0.39, 0.29) is 5.69 Å². The van der Waals surface area contributed by atoms with Gasteiger partial charge in [0, 0.05) is 16.2 Å². The number of halogens is 3. The lowest BCUT2D eigenvalue weighted by molar-refractivity contribution is -0.385. The van der Waals surface area contributed by atoms with Crippen LogP contribution in [0.1, 0.15) is 0 Å².